The quantitative estimate of drug-likeness (QED) is 0.898. The Labute approximate surface area is 122 Å². The van der Waals surface area contributed by atoms with Gasteiger partial charge in [-0.2, -0.15) is 0 Å². The summed E-state index contributed by atoms with van der Waals surface area (Å²) in [5.41, 5.74) is 0. The lowest BCUT2D eigenvalue weighted by atomic mass is 9.83. The predicted molar refractivity (Wildman–Crippen MR) is 75.1 cm³/mol. The molecule has 1 aromatic rings. The van der Waals surface area contributed by atoms with Gasteiger partial charge >= 0.3 is 0 Å². The van der Waals surface area contributed by atoms with Gasteiger partial charge in [0.05, 0.1) is 0 Å². The second-order valence-corrected chi connectivity index (χ2v) is 7.37. The first kappa shape index (κ1) is 14.9. The molecule has 1 fully saturated rings. The minimum atomic E-state index is -3.58. The first-order valence-electron chi connectivity index (χ1n) is 6.53. The van der Waals surface area contributed by atoms with E-state index in [1.165, 1.54) is 11.1 Å². The molecule has 0 aliphatic heterocycles. The zero-order valence-corrected chi connectivity index (χ0v) is 13.5. The number of nitrogens with one attached hydrogen (secondary N) is 1. The highest BCUT2D eigenvalue weighted by molar-refractivity contribution is 9.10. The van der Waals surface area contributed by atoms with Crippen LogP contribution in [0, 0.1) is 5.92 Å². The molecule has 2 unspecified atom stereocenters. The summed E-state index contributed by atoms with van der Waals surface area (Å²) in [6.45, 7) is 2.11. The van der Waals surface area contributed by atoms with Crippen molar-refractivity contribution in [2.45, 2.75) is 50.1 Å². The highest BCUT2D eigenvalue weighted by atomic mass is 79.9. The molecule has 0 bridgehead atoms. The molecule has 1 aliphatic carbocycles. The number of rotatable bonds is 4. The molecule has 2 rings (SSSR count). The van der Waals surface area contributed by atoms with Gasteiger partial charge in [-0.15, -0.1) is 5.10 Å². The number of aromatic nitrogens is 3. The van der Waals surface area contributed by atoms with E-state index < -0.39 is 10.0 Å². The Morgan fingerprint density at radius 1 is 1.42 bits per heavy atom. The number of sulfonamides is 1. The Bertz CT molecular complexity index is 523. The van der Waals surface area contributed by atoms with Crippen molar-refractivity contribution >= 4 is 26.0 Å². The summed E-state index contributed by atoms with van der Waals surface area (Å²) < 4.78 is 29.2. The average Bonchev–Trinajstić information content (AvgIpc) is 2.70. The summed E-state index contributed by atoms with van der Waals surface area (Å²) in [6, 6.07) is 0.0190. The number of hydrogen-bond acceptors (Lipinski definition) is 4. The van der Waals surface area contributed by atoms with E-state index in [1.54, 1.807) is 7.05 Å². The molecular formula is C11H19BrN4O2S. The lowest BCUT2D eigenvalue weighted by Gasteiger charge is -2.31. The van der Waals surface area contributed by atoms with Crippen molar-refractivity contribution in [1.82, 2.24) is 19.7 Å². The second-order valence-electron chi connectivity index (χ2n) is 4.99. The Balaban J connectivity index is 2.21. The number of aryl methyl sites for hydroxylation is 1. The number of nitrogens with zero attached hydrogens (tertiary/aromatic N) is 3. The van der Waals surface area contributed by atoms with E-state index in [2.05, 4.69) is 37.9 Å². The molecule has 6 nitrogen and oxygen atoms in total. The van der Waals surface area contributed by atoms with Gasteiger partial charge in [0.25, 0.3) is 10.0 Å². The van der Waals surface area contributed by atoms with Gasteiger partial charge in [-0.25, -0.2) is 17.8 Å². The van der Waals surface area contributed by atoms with Gasteiger partial charge < -0.3 is 0 Å². The van der Waals surface area contributed by atoms with Crippen molar-refractivity contribution in [3.8, 4) is 0 Å². The van der Waals surface area contributed by atoms with Crippen LogP contribution in [-0.2, 0) is 17.1 Å². The fourth-order valence-electron chi connectivity index (χ4n) is 2.71. The van der Waals surface area contributed by atoms with E-state index in [0.29, 0.717) is 5.92 Å². The Kier molecular flexibility index (Phi) is 4.62. The molecule has 1 aliphatic rings. The first-order chi connectivity index (χ1) is 8.95. The largest absolute Gasteiger partial charge is 0.260 e. The zero-order chi connectivity index (χ0) is 14.0. The molecule has 19 heavy (non-hydrogen) atoms. The highest BCUT2D eigenvalue weighted by Gasteiger charge is 2.31. The van der Waals surface area contributed by atoms with E-state index in [4.69, 9.17) is 0 Å². The highest BCUT2D eigenvalue weighted by Crippen LogP contribution is 2.28. The molecule has 1 N–H and O–H groups in total. The Morgan fingerprint density at radius 3 is 2.68 bits per heavy atom. The molecular weight excluding hydrogens is 332 g/mol. The monoisotopic (exact) mass is 350 g/mol. The van der Waals surface area contributed by atoms with E-state index >= 15 is 0 Å². The number of halogens is 1. The van der Waals surface area contributed by atoms with Crippen molar-refractivity contribution < 1.29 is 8.42 Å². The van der Waals surface area contributed by atoms with Crippen molar-refractivity contribution in [3.05, 3.63) is 4.60 Å². The second kappa shape index (κ2) is 5.88. The summed E-state index contributed by atoms with van der Waals surface area (Å²) in [5, 5.41) is 7.53. The standard InChI is InChI=1S/C11H19BrN4O2S/c1-3-8-6-4-5-7-9(8)14-19(17,18)11-10(12)13-15-16(11)2/h8-9,14H,3-7H2,1-2H3. The molecule has 1 saturated carbocycles. The minimum Gasteiger partial charge on any atom is -0.235 e. The SMILES string of the molecule is CCC1CCCCC1NS(=O)(=O)c1c(Br)nnn1C. The predicted octanol–water partition coefficient (Wildman–Crippen LogP) is 1.82. The van der Waals surface area contributed by atoms with Crippen LogP contribution < -0.4 is 4.72 Å². The first-order valence-corrected chi connectivity index (χ1v) is 8.81. The van der Waals surface area contributed by atoms with Crippen molar-refractivity contribution in [3.63, 3.8) is 0 Å². The van der Waals surface area contributed by atoms with Gasteiger partial charge in [0.15, 0.2) is 4.60 Å². The lowest BCUT2D eigenvalue weighted by molar-refractivity contribution is 0.282. The van der Waals surface area contributed by atoms with Crippen LogP contribution in [0.5, 0.6) is 0 Å². The Morgan fingerprint density at radius 2 is 2.11 bits per heavy atom. The average molecular weight is 351 g/mol. The molecule has 0 spiro atoms. The smallest absolute Gasteiger partial charge is 0.235 e. The maximum Gasteiger partial charge on any atom is 0.260 e. The van der Waals surface area contributed by atoms with Crippen LogP contribution >= 0.6 is 15.9 Å². The van der Waals surface area contributed by atoms with Crippen LogP contribution in [0.3, 0.4) is 0 Å². The van der Waals surface area contributed by atoms with E-state index in [1.807, 2.05) is 0 Å². The van der Waals surface area contributed by atoms with Crippen molar-refractivity contribution in [2.24, 2.45) is 13.0 Å². The van der Waals surface area contributed by atoms with Gasteiger partial charge in [0.2, 0.25) is 5.03 Å². The molecule has 1 heterocycles. The van der Waals surface area contributed by atoms with Crippen LogP contribution in [0.15, 0.2) is 9.63 Å². The molecule has 0 saturated heterocycles. The zero-order valence-electron chi connectivity index (χ0n) is 11.1. The van der Waals surface area contributed by atoms with Crippen LogP contribution in [0.2, 0.25) is 0 Å². The van der Waals surface area contributed by atoms with Crippen LogP contribution in [0.4, 0.5) is 0 Å². The fourth-order valence-corrected chi connectivity index (χ4v) is 5.15. The molecule has 2 atom stereocenters. The molecule has 0 aromatic carbocycles. The third-order valence-electron chi connectivity index (χ3n) is 3.73. The van der Waals surface area contributed by atoms with E-state index in [9.17, 15) is 8.42 Å². The van der Waals surface area contributed by atoms with E-state index in [0.717, 1.165) is 25.7 Å². The van der Waals surface area contributed by atoms with Gasteiger partial charge in [0.1, 0.15) is 0 Å². The molecule has 8 heteroatoms. The summed E-state index contributed by atoms with van der Waals surface area (Å²) >= 11 is 3.14. The van der Waals surface area contributed by atoms with Crippen LogP contribution in [-0.4, -0.2) is 29.5 Å². The number of hydrogen-bond donors (Lipinski definition) is 1. The summed E-state index contributed by atoms with van der Waals surface area (Å²) in [5.74, 6) is 0.420. The van der Waals surface area contributed by atoms with E-state index in [-0.39, 0.29) is 15.7 Å². The normalized spacial score (nSPS) is 24.6. The molecule has 108 valence electrons. The van der Waals surface area contributed by atoms with Gasteiger partial charge in [-0.3, -0.25) is 0 Å². The summed E-state index contributed by atoms with van der Waals surface area (Å²) in [7, 11) is -2.01. The van der Waals surface area contributed by atoms with Crippen molar-refractivity contribution in [2.75, 3.05) is 0 Å². The maximum atomic E-state index is 12.4. The molecule has 1 aromatic heterocycles. The third-order valence-corrected chi connectivity index (χ3v) is 6.11. The van der Waals surface area contributed by atoms with Crippen molar-refractivity contribution in [1.29, 1.82) is 0 Å². The van der Waals surface area contributed by atoms with Crippen LogP contribution in [0.25, 0.3) is 0 Å². The topological polar surface area (TPSA) is 76.9 Å². The lowest BCUT2D eigenvalue weighted by Crippen LogP contribution is -2.42. The van der Waals surface area contributed by atoms with Gasteiger partial charge in [-0.05, 0) is 34.7 Å². The fraction of sp³-hybridized carbons (Fsp3) is 0.818. The Hall–Kier alpha value is -0.470. The minimum absolute atomic E-state index is 0.0190. The maximum absolute atomic E-state index is 12.4. The molecule has 0 amide bonds. The van der Waals surface area contributed by atoms with Gasteiger partial charge in [-0.1, -0.05) is 31.4 Å². The third kappa shape index (κ3) is 3.17. The summed E-state index contributed by atoms with van der Waals surface area (Å²) in [4.78, 5) is 0. The molecule has 0 radical (unpaired) electrons. The van der Waals surface area contributed by atoms with Crippen LogP contribution in [0.1, 0.15) is 39.0 Å². The van der Waals surface area contributed by atoms with Gasteiger partial charge in [0, 0.05) is 13.1 Å². The summed E-state index contributed by atoms with van der Waals surface area (Å²) in [6.07, 6.45) is 5.26.